The summed E-state index contributed by atoms with van der Waals surface area (Å²) in [5.41, 5.74) is 4.84. The first-order valence-corrected chi connectivity index (χ1v) is 6.37. The maximum Gasteiger partial charge on any atom is 0.0868 e. The number of aryl methyl sites for hydroxylation is 2. The number of rotatable bonds is 5. The Morgan fingerprint density at radius 1 is 1.53 bits per heavy atom. The average Bonchev–Trinajstić information content (AvgIpc) is 2.99. The second kappa shape index (κ2) is 5.35. The van der Waals surface area contributed by atoms with Crippen molar-refractivity contribution in [1.82, 2.24) is 24.8 Å². The molecule has 0 bridgehead atoms. The van der Waals surface area contributed by atoms with Gasteiger partial charge in [0.2, 0.25) is 0 Å². The Hall–Kier alpha value is -1.31. The molecule has 0 aromatic carbocycles. The van der Waals surface area contributed by atoms with E-state index in [4.69, 9.17) is 5.84 Å². The largest absolute Gasteiger partial charge is 0.273 e. The molecule has 0 saturated heterocycles. The van der Waals surface area contributed by atoms with Crippen molar-refractivity contribution < 1.29 is 0 Å². The number of nitrogens with two attached hydrogens (primary N) is 1. The number of nitrogens with zero attached hydrogens (tertiary/aromatic N) is 4. The van der Waals surface area contributed by atoms with Crippen molar-refractivity contribution >= 4 is 11.5 Å². The lowest BCUT2D eigenvalue weighted by atomic mass is 10.1. The maximum absolute atomic E-state index is 5.63. The summed E-state index contributed by atoms with van der Waals surface area (Å²) in [6.45, 7) is 4.95. The van der Waals surface area contributed by atoms with Crippen molar-refractivity contribution in [3.8, 4) is 0 Å². The molecule has 0 radical (unpaired) electrons. The van der Waals surface area contributed by atoms with Crippen LogP contribution >= 0.6 is 11.5 Å². The molecule has 7 heteroatoms. The molecule has 0 fully saturated rings. The van der Waals surface area contributed by atoms with E-state index in [0.29, 0.717) is 0 Å². The fourth-order valence-electron chi connectivity index (χ4n) is 1.70. The molecule has 3 N–H and O–H groups in total. The van der Waals surface area contributed by atoms with E-state index in [1.165, 1.54) is 11.5 Å². The fraction of sp³-hybridized carbons (Fsp3) is 0.500. The molecule has 1 unspecified atom stereocenters. The van der Waals surface area contributed by atoms with Gasteiger partial charge >= 0.3 is 0 Å². The predicted molar refractivity (Wildman–Crippen MR) is 66.4 cm³/mol. The van der Waals surface area contributed by atoms with Gasteiger partial charge in [-0.3, -0.25) is 10.5 Å². The highest BCUT2D eigenvalue weighted by atomic mass is 32.1. The lowest BCUT2D eigenvalue weighted by Gasteiger charge is -2.12. The summed E-state index contributed by atoms with van der Waals surface area (Å²) in [6.07, 6.45) is 4.67. The fourth-order valence-corrected chi connectivity index (χ4v) is 2.53. The van der Waals surface area contributed by atoms with E-state index in [9.17, 15) is 0 Å². The zero-order valence-electron chi connectivity index (χ0n) is 9.92. The van der Waals surface area contributed by atoms with Crippen LogP contribution in [0.2, 0.25) is 0 Å². The van der Waals surface area contributed by atoms with Crippen molar-refractivity contribution in [3.63, 3.8) is 0 Å². The van der Waals surface area contributed by atoms with Crippen LogP contribution in [-0.4, -0.2) is 19.4 Å². The first-order valence-electron chi connectivity index (χ1n) is 5.59. The Balaban J connectivity index is 2.33. The Morgan fingerprint density at radius 3 is 2.94 bits per heavy atom. The summed E-state index contributed by atoms with van der Waals surface area (Å²) in [5, 5.41) is 8.36. The van der Waals surface area contributed by atoms with E-state index in [1.807, 2.05) is 24.0 Å². The quantitative estimate of drug-likeness (QED) is 0.609. The molecular formula is C10H16N6S. The van der Waals surface area contributed by atoms with Gasteiger partial charge in [-0.15, -0.1) is 5.10 Å². The molecule has 2 rings (SSSR count). The number of nitrogens with one attached hydrogen (secondary N) is 1. The predicted octanol–water partition coefficient (Wildman–Crippen LogP) is 0.870. The minimum atomic E-state index is -0.0785. The first kappa shape index (κ1) is 12.2. The van der Waals surface area contributed by atoms with Gasteiger partial charge in [0.25, 0.3) is 0 Å². The number of hydrazine groups is 1. The van der Waals surface area contributed by atoms with Crippen LogP contribution in [0.25, 0.3) is 0 Å². The van der Waals surface area contributed by atoms with Gasteiger partial charge in [-0.25, -0.2) is 5.43 Å². The van der Waals surface area contributed by atoms with Crippen LogP contribution in [0.4, 0.5) is 0 Å². The van der Waals surface area contributed by atoms with Crippen LogP contribution in [0.5, 0.6) is 0 Å². The van der Waals surface area contributed by atoms with Crippen LogP contribution in [0, 0.1) is 0 Å². The van der Waals surface area contributed by atoms with E-state index in [2.05, 4.69) is 27.0 Å². The van der Waals surface area contributed by atoms with Gasteiger partial charge < -0.3 is 0 Å². The number of aromatic nitrogens is 4. The van der Waals surface area contributed by atoms with Gasteiger partial charge in [0, 0.05) is 18.3 Å². The SMILES string of the molecule is CCc1nnsc1C(NN)c1cnn(CC)c1. The van der Waals surface area contributed by atoms with Crippen LogP contribution in [-0.2, 0) is 13.0 Å². The molecule has 0 saturated carbocycles. The molecule has 2 aromatic heterocycles. The molecule has 0 aliphatic carbocycles. The summed E-state index contributed by atoms with van der Waals surface area (Å²) >= 11 is 1.38. The van der Waals surface area contributed by atoms with Gasteiger partial charge in [-0.05, 0) is 24.9 Å². The van der Waals surface area contributed by atoms with Crippen molar-refractivity contribution in [2.45, 2.75) is 32.9 Å². The molecular weight excluding hydrogens is 236 g/mol. The van der Waals surface area contributed by atoms with E-state index in [-0.39, 0.29) is 6.04 Å². The number of hydrogen-bond acceptors (Lipinski definition) is 6. The summed E-state index contributed by atoms with van der Waals surface area (Å²) in [4.78, 5) is 1.06. The number of hydrogen-bond donors (Lipinski definition) is 2. The monoisotopic (exact) mass is 252 g/mol. The Bertz CT molecular complexity index is 477. The molecule has 1 atom stereocenters. The van der Waals surface area contributed by atoms with Gasteiger partial charge in [0.1, 0.15) is 0 Å². The molecule has 6 nitrogen and oxygen atoms in total. The molecule has 0 spiro atoms. The summed E-state index contributed by atoms with van der Waals surface area (Å²) in [5.74, 6) is 5.63. The van der Waals surface area contributed by atoms with Crippen LogP contribution in [0.3, 0.4) is 0 Å². The molecule has 0 aliphatic rings. The topological polar surface area (TPSA) is 81.7 Å². The van der Waals surface area contributed by atoms with Crippen molar-refractivity contribution in [2.75, 3.05) is 0 Å². The molecule has 92 valence electrons. The third kappa shape index (κ3) is 2.36. The van der Waals surface area contributed by atoms with Crippen molar-refractivity contribution in [2.24, 2.45) is 5.84 Å². The third-order valence-corrected chi connectivity index (χ3v) is 3.49. The van der Waals surface area contributed by atoms with Gasteiger partial charge in [-0.2, -0.15) is 5.10 Å². The standard InChI is InChI=1S/C10H16N6S/c1-3-8-10(17-15-14-8)9(13-11)7-5-12-16(4-2)6-7/h5-6,9,13H,3-4,11H2,1-2H3. The van der Waals surface area contributed by atoms with Crippen LogP contribution in [0.1, 0.15) is 36.0 Å². The minimum Gasteiger partial charge on any atom is -0.273 e. The molecule has 2 aromatic rings. The lowest BCUT2D eigenvalue weighted by molar-refractivity contribution is 0.632. The maximum atomic E-state index is 5.63. The zero-order chi connectivity index (χ0) is 12.3. The Labute approximate surface area is 104 Å². The molecule has 17 heavy (non-hydrogen) atoms. The second-order valence-electron chi connectivity index (χ2n) is 3.67. The highest BCUT2D eigenvalue weighted by Gasteiger charge is 2.20. The van der Waals surface area contributed by atoms with Crippen molar-refractivity contribution in [3.05, 3.63) is 28.5 Å². The van der Waals surface area contributed by atoms with Gasteiger partial charge in [-0.1, -0.05) is 11.4 Å². The molecule has 2 heterocycles. The van der Waals surface area contributed by atoms with Crippen molar-refractivity contribution in [1.29, 1.82) is 0 Å². The van der Waals surface area contributed by atoms with E-state index >= 15 is 0 Å². The highest BCUT2D eigenvalue weighted by Crippen LogP contribution is 2.26. The van der Waals surface area contributed by atoms with E-state index in [0.717, 1.165) is 29.1 Å². The van der Waals surface area contributed by atoms with Crippen LogP contribution < -0.4 is 11.3 Å². The Kier molecular flexibility index (Phi) is 3.82. The molecule has 0 aliphatic heterocycles. The Morgan fingerprint density at radius 2 is 2.35 bits per heavy atom. The summed E-state index contributed by atoms with van der Waals surface area (Å²) in [7, 11) is 0. The lowest BCUT2D eigenvalue weighted by Crippen LogP contribution is -2.28. The summed E-state index contributed by atoms with van der Waals surface area (Å²) < 4.78 is 5.86. The highest BCUT2D eigenvalue weighted by molar-refractivity contribution is 7.05. The smallest absolute Gasteiger partial charge is 0.0868 e. The minimum absolute atomic E-state index is 0.0785. The van der Waals surface area contributed by atoms with E-state index in [1.54, 1.807) is 0 Å². The summed E-state index contributed by atoms with van der Waals surface area (Å²) in [6, 6.07) is -0.0785. The zero-order valence-corrected chi connectivity index (χ0v) is 10.7. The van der Waals surface area contributed by atoms with Crippen LogP contribution in [0.15, 0.2) is 12.4 Å². The third-order valence-electron chi connectivity index (χ3n) is 2.66. The normalized spacial score (nSPS) is 12.9. The van der Waals surface area contributed by atoms with Gasteiger partial charge in [0.05, 0.1) is 22.8 Å². The first-order chi connectivity index (χ1) is 8.30. The van der Waals surface area contributed by atoms with E-state index < -0.39 is 0 Å². The molecule has 0 amide bonds. The average molecular weight is 252 g/mol. The van der Waals surface area contributed by atoms with Gasteiger partial charge in [0.15, 0.2) is 0 Å². The second-order valence-corrected chi connectivity index (χ2v) is 4.45.